The maximum absolute atomic E-state index is 12.8. The lowest BCUT2D eigenvalue weighted by atomic mass is 10.0. The minimum Gasteiger partial charge on any atom is -0.494 e. The topological polar surface area (TPSA) is 63.9 Å². The van der Waals surface area contributed by atoms with Crippen molar-refractivity contribution >= 4 is 50.8 Å². The molecule has 0 aliphatic carbocycles. The summed E-state index contributed by atoms with van der Waals surface area (Å²) < 4.78 is 8.38. The molecule has 1 aliphatic heterocycles. The average Bonchev–Trinajstić information content (AvgIpc) is 3.15. The summed E-state index contributed by atoms with van der Waals surface area (Å²) in [5.41, 5.74) is 3.10. The number of carbonyl (C=O) groups excluding carboxylic acids is 2. The first kappa shape index (κ1) is 23.1. The molecular formula is C25H25N3O3S2. The van der Waals surface area contributed by atoms with Gasteiger partial charge >= 0.3 is 0 Å². The number of hydrogen-bond donors (Lipinski definition) is 0. The van der Waals surface area contributed by atoms with Crippen LogP contribution in [0.5, 0.6) is 5.75 Å². The Balaban J connectivity index is 1.44. The van der Waals surface area contributed by atoms with Crippen molar-refractivity contribution in [2.24, 2.45) is 4.99 Å². The van der Waals surface area contributed by atoms with E-state index in [4.69, 9.17) is 11.2 Å². The van der Waals surface area contributed by atoms with Crippen LogP contribution < -0.4 is 14.4 Å². The Kier molecular flexibility index (Phi) is 7.53. The molecule has 0 unspecified atom stereocenters. The zero-order chi connectivity index (χ0) is 23.2. The Morgan fingerprint density at radius 2 is 2.09 bits per heavy atom. The van der Waals surface area contributed by atoms with Crippen LogP contribution in [0.3, 0.4) is 0 Å². The molecule has 170 valence electrons. The Hall–Kier alpha value is -3.02. The van der Waals surface area contributed by atoms with Crippen molar-refractivity contribution in [1.82, 2.24) is 4.57 Å². The number of nitrogens with zero attached hydrogens (tertiary/aromatic N) is 3. The summed E-state index contributed by atoms with van der Waals surface area (Å²) in [5.74, 6) is 3.51. The van der Waals surface area contributed by atoms with Gasteiger partial charge in [-0.05, 0) is 49.6 Å². The molecule has 0 fully saturated rings. The lowest BCUT2D eigenvalue weighted by Gasteiger charge is -2.29. The van der Waals surface area contributed by atoms with Crippen molar-refractivity contribution in [1.29, 1.82) is 0 Å². The van der Waals surface area contributed by atoms with Gasteiger partial charge in [-0.3, -0.25) is 9.59 Å². The second kappa shape index (κ2) is 10.7. The molecule has 2 heterocycles. The fraction of sp³-hybridized carbons (Fsp3) is 0.320. The van der Waals surface area contributed by atoms with Crippen molar-refractivity contribution in [3.8, 4) is 18.1 Å². The number of anilines is 1. The summed E-state index contributed by atoms with van der Waals surface area (Å²) >= 11 is 2.70. The van der Waals surface area contributed by atoms with E-state index in [1.807, 2.05) is 52.8 Å². The lowest BCUT2D eigenvalue weighted by Crippen LogP contribution is -2.36. The predicted molar refractivity (Wildman–Crippen MR) is 135 cm³/mol. The summed E-state index contributed by atoms with van der Waals surface area (Å²) in [7, 11) is 0. The van der Waals surface area contributed by atoms with Crippen LogP contribution in [0.4, 0.5) is 5.69 Å². The van der Waals surface area contributed by atoms with Gasteiger partial charge in [0, 0.05) is 12.2 Å². The molecule has 4 rings (SSSR count). The highest BCUT2D eigenvalue weighted by molar-refractivity contribution is 8.00. The maximum Gasteiger partial charge on any atom is 0.258 e. The van der Waals surface area contributed by atoms with Crippen molar-refractivity contribution in [3.63, 3.8) is 0 Å². The SMILES string of the molecule is C#CCn1c(=NC(=O)CSCC(=O)N2CCCc3ccccc32)sc2cc(OCC)ccc21. The summed E-state index contributed by atoms with van der Waals surface area (Å²) in [6.45, 7) is 3.55. The lowest BCUT2D eigenvalue weighted by molar-refractivity contribution is -0.116. The predicted octanol–water partition coefficient (Wildman–Crippen LogP) is 3.87. The highest BCUT2D eigenvalue weighted by Gasteiger charge is 2.22. The summed E-state index contributed by atoms with van der Waals surface area (Å²) in [5, 5.41) is 0. The van der Waals surface area contributed by atoms with Crippen molar-refractivity contribution in [2.75, 3.05) is 29.6 Å². The number of aromatic nitrogens is 1. The number of thioether (sulfide) groups is 1. The molecule has 0 saturated carbocycles. The molecule has 1 aromatic heterocycles. The van der Waals surface area contributed by atoms with Crippen LogP contribution in [0.15, 0.2) is 47.5 Å². The number of para-hydroxylation sites is 1. The monoisotopic (exact) mass is 479 g/mol. The van der Waals surface area contributed by atoms with Gasteiger partial charge < -0.3 is 14.2 Å². The van der Waals surface area contributed by atoms with Gasteiger partial charge in [-0.25, -0.2) is 0 Å². The first-order valence-electron chi connectivity index (χ1n) is 10.8. The summed E-state index contributed by atoms with van der Waals surface area (Å²) in [6.07, 6.45) is 7.48. The molecule has 0 spiro atoms. The van der Waals surface area contributed by atoms with E-state index in [1.165, 1.54) is 28.7 Å². The summed E-state index contributed by atoms with van der Waals surface area (Å²) in [4.78, 5) is 32.0. The molecule has 1 aliphatic rings. The van der Waals surface area contributed by atoms with Crippen LogP contribution >= 0.6 is 23.1 Å². The fourth-order valence-corrected chi connectivity index (χ4v) is 5.62. The highest BCUT2D eigenvalue weighted by atomic mass is 32.2. The second-order valence-corrected chi connectivity index (χ2v) is 9.51. The zero-order valence-electron chi connectivity index (χ0n) is 18.5. The third-order valence-electron chi connectivity index (χ3n) is 5.30. The van der Waals surface area contributed by atoms with E-state index >= 15 is 0 Å². The largest absolute Gasteiger partial charge is 0.494 e. The fourth-order valence-electron chi connectivity index (χ4n) is 3.87. The van der Waals surface area contributed by atoms with Gasteiger partial charge in [0.1, 0.15) is 5.75 Å². The number of hydrogen-bond acceptors (Lipinski definition) is 5. The number of carbonyl (C=O) groups is 2. The molecule has 2 amide bonds. The van der Waals surface area contributed by atoms with E-state index in [0.29, 0.717) is 24.5 Å². The normalized spacial score (nSPS) is 13.6. The zero-order valence-corrected chi connectivity index (χ0v) is 20.1. The number of aryl methyl sites for hydroxylation is 1. The minimum atomic E-state index is -0.283. The van der Waals surface area contributed by atoms with Crippen LogP contribution in [0.25, 0.3) is 10.2 Å². The molecule has 0 saturated heterocycles. The second-order valence-electron chi connectivity index (χ2n) is 7.51. The quantitative estimate of drug-likeness (QED) is 0.483. The first-order chi connectivity index (χ1) is 16.1. The van der Waals surface area contributed by atoms with E-state index in [-0.39, 0.29) is 23.3 Å². The number of amides is 2. The Morgan fingerprint density at radius 1 is 1.24 bits per heavy atom. The smallest absolute Gasteiger partial charge is 0.258 e. The average molecular weight is 480 g/mol. The van der Waals surface area contributed by atoms with Crippen LogP contribution in [0.1, 0.15) is 18.9 Å². The number of ether oxygens (including phenoxy) is 1. The summed E-state index contributed by atoms with van der Waals surface area (Å²) in [6, 6.07) is 13.8. The number of rotatable bonds is 7. The van der Waals surface area contributed by atoms with E-state index in [1.54, 1.807) is 0 Å². The molecule has 0 atom stereocenters. The van der Waals surface area contributed by atoms with Crippen molar-refractivity contribution in [3.05, 3.63) is 52.8 Å². The standard InChI is InChI=1S/C25H25N3O3S2/c1-3-13-28-21-12-11-19(31-4-2)15-22(21)33-25(28)26-23(29)16-32-17-24(30)27-14-7-9-18-8-5-6-10-20(18)27/h1,5-6,8,10-12,15H,4,7,9,13-14,16-17H2,2H3. The van der Waals surface area contributed by atoms with E-state index < -0.39 is 0 Å². The molecule has 0 bridgehead atoms. The molecule has 2 aromatic carbocycles. The van der Waals surface area contributed by atoms with Crippen LogP contribution in [0, 0.1) is 12.3 Å². The van der Waals surface area contributed by atoms with Crippen LogP contribution in [0.2, 0.25) is 0 Å². The van der Waals surface area contributed by atoms with Gasteiger partial charge in [0.25, 0.3) is 5.91 Å². The van der Waals surface area contributed by atoms with E-state index in [2.05, 4.69) is 17.0 Å². The number of fused-ring (bicyclic) bond motifs is 2. The minimum absolute atomic E-state index is 0.0210. The first-order valence-corrected chi connectivity index (χ1v) is 12.8. The van der Waals surface area contributed by atoms with Crippen molar-refractivity contribution in [2.45, 2.75) is 26.3 Å². The third kappa shape index (κ3) is 5.32. The van der Waals surface area contributed by atoms with Crippen LogP contribution in [-0.4, -0.2) is 41.0 Å². The van der Waals surface area contributed by atoms with Gasteiger partial charge in [-0.2, -0.15) is 4.99 Å². The Labute approximate surface area is 201 Å². The molecule has 33 heavy (non-hydrogen) atoms. The van der Waals surface area contributed by atoms with E-state index in [0.717, 1.165) is 34.5 Å². The highest BCUT2D eigenvalue weighted by Crippen LogP contribution is 2.27. The molecule has 3 aromatic rings. The number of terminal acetylenes is 1. The Morgan fingerprint density at radius 3 is 2.91 bits per heavy atom. The molecule has 8 heteroatoms. The molecular weight excluding hydrogens is 454 g/mol. The van der Waals surface area contributed by atoms with Gasteiger partial charge in [0.05, 0.1) is 34.9 Å². The van der Waals surface area contributed by atoms with Gasteiger partial charge in [0.15, 0.2) is 4.80 Å². The third-order valence-corrected chi connectivity index (χ3v) is 7.24. The van der Waals surface area contributed by atoms with Gasteiger partial charge in [0.2, 0.25) is 5.91 Å². The number of thiazole rings is 1. The molecule has 6 nitrogen and oxygen atoms in total. The van der Waals surface area contributed by atoms with Gasteiger partial charge in [-0.1, -0.05) is 35.5 Å². The molecule has 0 N–H and O–H groups in total. The Bertz CT molecular complexity index is 1290. The van der Waals surface area contributed by atoms with Crippen molar-refractivity contribution < 1.29 is 14.3 Å². The molecule has 0 radical (unpaired) electrons. The number of benzene rings is 2. The van der Waals surface area contributed by atoms with E-state index in [9.17, 15) is 9.59 Å². The van der Waals surface area contributed by atoms with Gasteiger partial charge in [-0.15, -0.1) is 18.2 Å². The van der Waals surface area contributed by atoms with Crippen LogP contribution in [-0.2, 0) is 22.6 Å². The maximum atomic E-state index is 12.8.